The average Bonchev–Trinajstić information content (AvgIpc) is 2.34. The molecule has 18 heavy (non-hydrogen) atoms. The van der Waals surface area contributed by atoms with E-state index in [0.29, 0.717) is 23.4 Å². The van der Waals surface area contributed by atoms with E-state index < -0.39 is 0 Å². The topological polar surface area (TPSA) is 69.9 Å². The van der Waals surface area contributed by atoms with Gasteiger partial charge in [0, 0.05) is 6.04 Å². The molecule has 0 aliphatic carbocycles. The maximum Gasteiger partial charge on any atom is 0.256 e. The van der Waals surface area contributed by atoms with Crippen LogP contribution in [-0.4, -0.2) is 33.6 Å². The Morgan fingerprint density at radius 2 is 2.17 bits per heavy atom. The summed E-state index contributed by atoms with van der Waals surface area (Å²) in [6.07, 6.45) is 0.646. The second-order valence-corrected chi connectivity index (χ2v) is 4.38. The summed E-state index contributed by atoms with van der Waals surface area (Å²) in [5.41, 5.74) is 1.93. The zero-order valence-corrected chi connectivity index (χ0v) is 11.3. The molecule has 0 bridgehead atoms. The van der Waals surface area contributed by atoms with Gasteiger partial charge in [-0.15, -0.1) is 0 Å². The van der Waals surface area contributed by atoms with E-state index in [1.165, 1.54) is 4.90 Å². The Bertz CT molecular complexity index is 476. The summed E-state index contributed by atoms with van der Waals surface area (Å²) in [5.74, 6) is -0.151. The molecule has 1 amide bonds. The Balaban J connectivity index is 3.16. The van der Waals surface area contributed by atoms with Crippen LogP contribution in [0, 0.1) is 18.3 Å². The Morgan fingerprint density at radius 3 is 2.67 bits per heavy atom. The van der Waals surface area contributed by atoms with Crippen LogP contribution < -0.4 is 0 Å². The molecule has 0 radical (unpaired) electrons. The molecular weight excluding hydrogens is 228 g/mol. The van der Waals surface area contributed by atoms with Crippen molar-refractivity contribution in [1.82, 2.24) is 15.1 Å². The molecule has 0 aromatic carbocycles. The Morgan fingerprint density at radius 1 is 1.50 bits per heavy atom. The van der Waals surface area contributed by atoms with Gasteiger partial charge in [-0.1, -0.05) is 6.92 Å². The summed E-state index contributed by atoms with van der Waals surface area (Å²) in [7, 11) is 0. The van der Waals surface area contributed by atoms with Gasteiger partial charge in [-0.25, -0.2) is 0 Å². The summed E-state index contributed by atoms with van der Waals surface area (Å²) < 4.78 is 0. The molecule has 0 unspecified atom stereocenters. The fraction of sp³-hybridized carbons (Fsp3) is 0.538. The second kappa shape index (κ2) is 6.10. The lowest BCUT2D eigenvalue weighted by atomic mass is 10.1. The molecular formula is C13H18N4O. The Hall–Kier alpha value is -1.96. The summed E-state index contributed by atoms with van der Waals surface area (Å²) in [6, 6.07) is 3.74. The molecule has 0 fully saturated rings. The number of nitrogens with zero attached hydrogens (tertiary/aromatic N) is 4. The minimum Gasteiger partial charge on any atom is -0.323 e. The first-order valence-electron chi connectivity index (χ1n) is 6.02. The van der Waals surface area contributed by atoms with Crippen molar-refractivity contribution in [1.29, 1.82) is 5.26 Å². The van der Waals surface area contributed by atoms with Crippen LogP contribution in [0.25, 0.3) is 0 Å². The van der Waals surface area contributed by atoms with Crippen molar-refractivity contribution in [3.8, 4) is 6.07 Å². The van der Waals surface area contributed by atoms with E-state index in [1.807, 2.05) is 26.8 Å². The number of aromatic nitrogens is 2. The van der Waals surface area contributed by atoms with E-state index >= 15 is 0 Å². The van der Waals surface area contributed by atoms with Gasteiger partial charge in [0.1, 0.15) is 6.54 Å². The number of aryl methyl sites for hydroxylation is 2. The van der Waals surface area contributed by atoms with Crippen molar-refractivity contribution in [3.63, 3.8) is 0 Å². The van der Waals surface area contributed by atoms with E-state index in [1.54, 1.807) is 13.0 Å². The van der Waals surface area contributed by atoms with Gasteiger partial charge < -0.3 is 4.90 Å². The van der Waals surface area contributed by atoms with Crippen LogP contribution in [0.1, 0.15) is 42.5 Å². The van der Waals surface area contributed by atoms with Gasteiger partial charge in [-0.3, -0.25) is 4.79 Å². The maximum absolute atomic E-state index is 12.4. The van der Waals surface area contributed by atoms with Crippen LogP contribution in [-0.2, 0) is 6.42 Å². The van der Waals surface area contributed by atoms with Gasteiger partial charge in [0.25, 0.3) is 5.91 Å². The first-order chi connectivity index (χ1) is 8.51. The molecule has 1 rings (SSSR count). The summed E-state index contributed by atoms with van der Waals surface area (Å²) >= 11 is 0. The van der Waals surface area contributed by atoms with Crippen molar-refractivity contribution in [2.75, 3.05) is 6.54 Å². The normalized spacial score (nSPS) is 10.2. The van der Waals surface area contributed by atoms with Crippen LogP contribution >= 0.6 is 0 Å². The van der Waals surface area contributed by atoms with E-state index in [9.17, 15) is 4.79 Å². The van der Waals surface area contributed by atoms with E-state index in [2.05, 4.69) is 10.2 Å². The third kappa shape index (κ3) is 3.04. The van der Waals surface area contributed by atoms with Gasteiger partial charge in [-0.2, -0.15) is 15.5 Å². The fourth-order valence-corrected chi connectivity index (χ4v) is 1.68. The third-order valence-corrected chi connectivity index (χ3v) is 2.68. The van der Waals surface area contributed by atoms with E-state index in [4.69, 9.17) is 5.26 Å². The highest BCUT2D eigenvalue weighted by Crippen LogP contribution is 2.13. The number of carbonyl (C=O) groups is 1. The molecule has 1 heterocycles. The predicted octanol–water partition coefficient (Wildman–Crippen LogP) is 1.72. The second-order valence-electron chi connectivity index (χ2n) is 4.38. The van der Waals surface area contributed by atoms with Gasteiger partial charge in [-0.05, 0) is 33.3 Å². The first-order valence-corrected chi connectivity index (χ1v) is 6.02. The minimum absolute atomic E-state index is 0.0182. The zero-order chi connectivity index (χ0) is 13.7. The Labute approximate surface area is 107 Å². The van der Waals surface area contributed by atoms with Gasteiger partial charge in [0.15, 0.2) is 0 Å². The van der Waals surface area contributed by atoms with Crippen LogP contribution in [0.3, 0.4) is 0 Å². The highest BCUT2D eigenvalue weighted by Gasteiger charge is 2.21. The molecule has 0 atom stereocenters. The molecule has 0 spiro atoms. The lowest BCUT2D eigenvalue weighted by molar-refractivity contribution is 0.0729. The number of nitriles is 1. The molecule has 0 aliphatic heterocycles. The summed E-state index contributed by atoms with van der Waals surface area (Å²) in [4.78, 5) is 14.0. The smallest absolute Gasteiger partial charge is 0.256 e. The molecule has 5 heteroatoms. The number of carbonyl (C=O) groups excluding carboxylic acids is 1. The molecule has 1 aromatic heterocycles. The lowest BCUT2D eigenvalue weighted by Gasteiger charge is -2.24. The number of rotatable bonds is 4. The molecule has 0 N–H and O–H groups in total. The highest BCUT2D eigenvalue weighted by atomic mass is 16.2. The largest absolute Gasteiger partial charge is 0.323 e. The number of amides is 1. The van der Waals surface area contributed by atoms with Gasteiger partial charge in [0.05, 0.1) is 23.0 Å². The van der Waals surface area contributed by atoms with E-state index in [-0.39, 0.29) is 18.5 Å². The Kier molecular flexibility index (Phi) is 4.78. The lowest BCUT2D eigenvalue weighted by Crippen LogP contribution is -2.38. The third-order valence-electron chi connectivity index (χ3n) is 2.68. The van der Waals surface area contributed by atoms with Gasteiger partial charge >= 0.3 is 0 Å². The average molecular weight is 246 g/mol. The molecule has 5 nitrogen and oxygen atoms in total. The summed E-state index contributed by atoms with van der Waals surface area (Å²) in [5, 5.41) is 16.8. The van der Waals surface area contributed by atoms with E-state index in [0.717, 1.165) is 0 Å². The number of hydrogen-bond acceptors (Lipinski definition) is 4. The maximum atomic E-state index is 12.4. The zero-order valence-electron chi connectivity index (χ0n) is 11.3. The van der Waals surface area contributed by atoms with Crippen LogP contribution in [0.5, 0.6) is 0 Å². The summed E-state index contributed by atoms with van der Waals surface area (Å²) in [6.45, 7) is 7.60. The van der Waals surface area contributed by atoms with Crippen LogP contribution in [0.2, 0.25) is 0 Å². The standard InChI is InChI=1S/C13H18N4O/c1-5-12-11(8-10(4)15-16-12)13(18)17(7-6-14)9(2)3/h8-9H,5,7H2,1-4H3. The predicted molar refractivity (Wildman–Crippen MR) is 67.9 cm³/mol. The molecule has 96 valence electrons. The quantitative estimate of drug-likeness (QED) is 0.758. The van der Waals surface area contributed by atoms with Crippen molar-refractivity contribution >= 4 is 5.91 Å². The molecule has 1 aromatic rings. The van der Waals surface area contributed by atoms with Crippen LogP contribution in [0.4, 0.5) is 0 Å². The fourth-order valence-electron chi connectivity index (χ4n) is 1.68. The first kappa shape index (κ1) is 14.1. The molecule has 0 aliphatic rings. The number of hydrogen-bond donors (Lipinski definition) is 0. The van der Waals surface area contributed by atoms with Gasteiger partial charge in [0.2, 0.25) is 0 Å². The van der Waals surface area contributed by atoms with Crippen molar-refractivity contribution in [2.24, 2.45) is 0 Å². The van der Waals surface area contributed by atoms with Crippen LogP contribution in [0.15, 0.2) is 6.07 Å². The van der Waals surface area contributed by atoms with Crippen molar-refractivity contribution in [2.45, 2.75) is 40.2 Å². The van der Waals surface area contributed by atoms with Crippen molar-refractivity contribution < 1.29 is 4.79 Å². The SMILES string of the molecule is CCc1nnc(C)cc1C(=O)N(CC#N)C(C)C. The molecule has 0 saturated carbocycles. The monoisotopic (exact) mass is 246 g/mol. The van der Waals surface area contributed by atoms with Crippen molar-refractivity contribution in [3.05, 3.63) is 23.0 Å². The highest BCUT2D eigenvalue weighted by molar-refractivity contribution is 5.95. The molecule has 0 saturated heterocycles. The minimum atomic E-state index is -0.151.